The first kappa shape index (κ1) is 84.7. The second-order valence-electron chi connectivity index (χ2n) is 34.8. The highest BCUT2D eigenvalue weighted by molar-refractivity contribution is 8.03. The topological polar surface area (TPSA) is 184 Å². The van der Waals surface area contributed by atoms with Crippen molar-refractivity contribution in [2.75, 3.05) is 82.7 Å². The van der Waals surface area contributed by atoms with Crippen LogP contribution in [0.5, 0.6) is 0 Å². The molecule has 0 unspecified atom stereocenters. The first-order valence-electron chi connectivity index (χ1n) is 37.3. The van der Waals surface area contributed by atoms with Gasteiger partial charge in [-0.1, -0.05) is 210 Å². The van der Waals surface area contributed by atoms with Crippen molar-refractivity contribution < 1.29 is 33.6 Å². The molecule has 0 saturated carbocycles. The molecule has 0 bridgehead atoms. The second kappa shape index (κ2) is 36.2. The molecule has 2 amide bonds. The quantitative estimate of drug-likeness (QED) is 0.0257. The summed E-state index contributed by atoms with van der Waals surface area (Å²) >= 11 is 1.80. The van der Waals surface area contributed by atoms with E-state index in [0.717, 1.165) is 61.6 Å². The largest absolute Gasteiger partial charge is 0.354 e. The van der Waals surface area contributed by atoms with E-state index in [2.05, 4.69) is 311 Å². The first-order valence-corrected chi connectivity index (χ1v) is 38.1. The van der Waals surface area contributed by atoms with Crippen molar-refractivity contribution in [3.05, 3.63) is 200 Å². The van der Waals surface area contributed by atoms with Crippen LogP contribution in [0.3, 0.4) is 0 Å². The van der Waals surface area contributed by atoms with E-state index < -0.39 is 22.7 Å². The first-order chi connectivity index (χ1) is 48.3. The Balaban J connectivity index is 0.000000208. The van der Waals surface area contributed by atoms with Crippen LogP contribution < -0.4 is 36.1 Å². The highest BCUT2D eigenvalue weighted by atomic mass is 32.2. The lowest BCUT2D eigenvalue weighted by atomic mass is 9.80. The third-order valence-corrected chi connectivity index (χ3v) is 19.1. The minimum atomic E-state index is -0.522. The van der Waals surface area contributed by atoms with Crippen LogP contribution in [0, 0.1) is 37.7 Å². The molecular weight excluding hydrogens is 1320 g/mol. The van der Waals surface area contributed by atoms with Crippen molar-refractivity contribution in [3.63, 3.8) is 0 Å². The number of nitrogens with two attached hydrogens (primary N) is 1. The SMILES string of the molecule is CC(C)(C)C=C1C=CN(CCC[N+](C)(C)C)C=C1.CC(C)(C)C=Cc1ccc([N+](=O)[O-])cc1.CC(C)C=C1Sc2ccccc2N1CCCCCC(=O)ON1C(=O)CCC1=O.CN1C(=CC(C)(C)C)C(C)(C)c2cc(CN)ccc21.CN1C(=CC(C)(C)C)C(C)(C)c2cc(CNC3=[NH+]CCN3)ccc21. The summed E-state index contributed by atoms with van der Waals surface area (Å²) in [7, 11) is 11.1. The number of non-ortho nitro benzene ring substituents is 1. The van der Waals surface area contributed by atoms with Crippen LogP contribution in [0.25, 0.3) is 6.08 Å². The van der Waals surface area contributed by atoms with Gasteiger partial charge in [0, 0.05) is 122 Å². The van der Waals surface area contributed by atoms with Crippen LogP contribution in [-0.4, -0.2) is 111 Å². The normalized spacial score (nSPS) is 17.8. The highest BCUT2D eigenvalue weighted by Crippen LogP contribution is 2.50. The van der Waals surface area contributed by atoms with Crippen LogP contribution >= 0.6 is 11.8 Å². The van der Waals surface area contributed by atoms with E-state index in [4.69, 9.17) is 10.6 Å². The summed E-state index contributed by atoms with van der Waals surface area (Å²) in [6, 6.07) is 28.4. The number of thioether (sulfide) groups is 1. The van der Waals surface area contributed by atoms with E-state index in [1.807, 2.05) is 6.08 Å². The van der Waals surface area contributed by atoms with Crippen LogP contribution in [0.1, 0.15) is 197 Å². The molecular formula is C86H127N11O6S+2. The smallest absolute Gasteiger partial charge is 0.343 e. The summed E-state index contributed by atoms with van der Waals surface area (Å²) in [5, 5.41) is 19.1. The van der Waals surface area contributed by atoms with E-state index in [1.54, 1.807) is 23.9 Å². The predicted octanol–water partition coefficient (Wildman–Crippen LogP) is 16.6. The number of amides is 2. The Kier molecular flexibility index (Phi) is 29.5. The number of unbranched alkanes of at least 4 members (excludes halogenated alkanes) is 2. The molecule has 10 rings (SSSR count). The number of hydrogen-bond acceptors (Lipinski definition) is 14. The molecule has 566 valence electrons. The van der Waals surface area contributed by atoms with Gasteiger partial charge in [-0.25, -0.2) is 4.79 Å². The summed E-state index contributed by atoms with van der Waals surface area (Å²) in [5.41, 5.74) is 21.0. The summed E-state index contributed by atoms with van der Waals surface area (Å²) in [6.45, 7) is 46.8. The zero-order chi connectivity index (χ0) is 77.3. The molecule has 18 heteroatoms. The fourth-order valence-electron chi connectivity index (χ4n) is 12.7. The molecule has 0 atom stereocenters. The molecule has 1 fully saturated rings. The van der Waals surface area contributed by atoms with Gasteiger partial charge in [-0.3, -0.25) is 35.3 Å². The van der Waals surface area contributed by atoms with Gasteiger partial charge >= 0.3 is 11.9 Å². The summed E-state index contributed by atoms with van der Waals surface area (Å²) in [5.74, 6) is 0.123. The van der Waals surface area contributed by atoms with Crippen LogP contribution in [0.2, 0.25) is 0 Å². The fraction of sp³-hybridized carbons (Fsp3) is 0.512. The molecule has 0 spiro atoms. The maximum Gasteiger partial charge on any atom is 0.343 e. The van der Waals surface area contributed by atoms with E-state index in [9.17, 15) is 24.5 Å². The van der Waals surface area contributed by atoms with Crippen molar-refractivity contribution in [1.82, 2.24) is 20.6 Å². The lowest BCUT2D eigenvalue weighted by molar-refractivity contribution is -0.870. The molecule has 6 aliphatic heterocycles. The molecule has 6 aliphatic rings. The van der Waals surface area contributed by atoms with Gasteiger partial charge in [0.2, 0.25) is 0 Å². The molecule has 104 heavy (non-hydrogen) atoms. The molecule has 1 saturated heterocycles. The molecule has 0 aromatic heterocycles. The van der Waals surface area contributed by atoms with Gasteiger partial charge in [0.15, 0.2) is 0 Å². The maximum atomic E-state index is 11.9. The van der Waals surface area contributed by atoms with E-state index in [-0.39, 0.29) is 57.4 Å². The van der Waals surface area contributed by atoms with Gasteiger partial charge in [-0.2, -0.15) is 0 Å². The number of benzene rings is 4. The number of nitro groups is 1. The van der Waals surface area contributed by atoms with Crippen molar-refractivity contribution in [1.29, 1.82) is 0 Å². The van der Waals surface area contributed by atoms with Crippen LogP contribution in [0.15, 0.2) is 167 Å². The number of quaternary nitrogens is 1. The predicted molar refractivity (Wildman–Crippen MR) is 434 cm³/mol. The zero-order valence-electron chi connectivity index (χ0n) is 67.4. The van der Waals surface area contributed by atoms with Crippen molar-refractivity contribution in [3.8, 4) is 0 Å². The third kappa shape index (κ3) is 26.1. The number of anilines is 3. The third-order valence-electron chi connectivity index (χ3n) is 18.0. The Labute approximate surface area is 629 Å². The van der Waals surface area contributed by atoms with Crippen molar-refractivity contribution in [2.45, 2.75) is 198 Å². The van der Waals surface area contributed by atoms with Crippen LogP contribution in [-0.2, 0) is 43.1 Å². The number of guanidine groups is 1. The van der Waals surface area contributed by atoms with E-state index in [1.165, 1.54) is 91.3 Å². The van der Waals surface area contributed by atoms with Gasteiger partial charge in [-0.15, -0.1) is 5.06 Å². The molecule has 6 heterocycles. The average Bonchev–Trinajstić information content (AvgIpc) is 1.60. The van der Waals surface area contributed by atoms with E-state index in [0.29, 0.717) is 23.9 Å². The lowest BCUT2D eigenvalue weighted by Crippen LogP contribution is -2.73. The van der Waals surface area contributed by atoms with Crippen LogP contribution in [0.4, 0.5) is 22.7 Å². The number of nitrogens with one attached hydrogen (secondary N) is 3. The van der Waals surface area contributed by atoms with Crippen molar-refractivity contribution >= 4 is 64.3 Å². The summed E-state index contributed by atoms with van der Waals surface area (Å²) < 4.78 is 1.04. The fourth-order valence-corrected chi connectivity index (χ4v) is 14.0. The molecule has 17 nitrogen and oxygen atoms in total. The number of imide groups is 1. The number of allylic oxidation sites excluding steroid dienone is 10. The average molecular weight is 1440 g/mol. The van der Waals surface area contributed by atoms with Gasteiger partial charge in [-0.05, 0) is 128 Å². The number of likely N-dealkylation sites (N-methyl/N-ethyl adjacent to an activating group) is 2. The Bertz CT molecular complexity index is 3840. The number of rotatable bonds is 17. The number of nitrogens with zero attached hydrogens (tertiary/aromatic N) is 7. The molecule has 4 aromatic rings. The molecule has 5 N–H and O–H groups in total. The van der Waals surface area contributed by atoms with Crippen molar-refractivity contribution in [2.24, 2.45) is 33.3 Å². The number of carbonyl (C=O) groups excluding carboxylic acids is 3. The Hall–Kier alpha value is -8.19. The van der Waals surface area contributed by atoms with Gasteiger partial charge in [0.25, 0.3) is 17.5 Å². The monoisotopic (exact) mass is 1440 g/mol. The lowest BCUT2D eigenvalue weighted by Gasteiger charge is -2.27. The minimum Gasteiger partial charge on any atom is -0.354 e. The molecule has 0 radical (unpaired) electrons. The second-order valence-corrected chi connectivity index (χ2v) is 35.8. The minimum absolute atomic E-state index is 0.0321. The Morgan fingerprint density at radius 1 is 0.721 bits per heavy atom. The standard InChI is InChI=1S/C21H26N2O4S.C20H30N4.C17H26N2.C16H29N2.C12H15NO2/c1-15(2)14-20-22(16-8-5-6-9-17(16)28-20)13-7-3-4-10-21(26)27-23-18(24)11-12-19(23)25;1-19(2,3)12-17-20(4,5)15-11-14(7-8-16(15)24(17)6)13-23-18-21-9-10-22-18;1-16(2,3)10-15-17(4,5)13-9-12(11-18)7-8-14(13)19(15)6;1-16(2,3)14-15-8-11-17(12-9-15)10-7-13-18(4,5)6;1-12(2,3)9-8-10-4-6-11(7-5-10)13(14)15/h5-6,8-9,14-15H,3-4,7,10-13H2,1-2H3;7-8,11-12H,9-10,13H2,1-6H3,(H2,21,22,23);7-10H,11,18H2,1-6H3;8-9,11-12,14H,7,10,13H2,1-6H3;4-9H,1-3H3/q;;;+1;/p+1. The molecule has 0 aliphatic carbocycles. The Morgan fingerprint density at radius 3 is 1.77 bits per heavy atom. The van der Waals surface area contributed by atoms with Gasteiger partial charge in [0.1, 0.15) is 0 Å². The van der Waals surface area contributed by atoms with E-state index >= 15 is 0 Å². The summed E-state index contributed by atoms with van der Waals surface area (Å²) in [4.78, 5) is 63.6. The number of para-hydroxylation sites is 1. The number of fused-ring (bicyclic) bond motifs is 3. The molecule has 4 aromatic carbocycles. The van der Waals surface area contributed by atoms with Gasteiger partial charge < -0.3 is 34.7 Å². The number of hydrogen-bond donors (Lipinski definition) is 4. The maximum absolute atomic E-state index is 11.9. The number of carbonyl (C=O) groups is 3. The van der Waals surface area contributed by atoms with Gasteiger partial charge in [0.05, 0.1) is 63.0 Å². The zero-order valence-corrected chi connectivity index (χ0v) is 68.2. The Morgan fingerprint density at radius 2 is 1.27 bits per heavy atom. The summed E-state index contributed by atoms with van der Waals surface area (Å²) in [6.07, 6.45) is 26.4. The number of nitro benzene ring substituents is 1. The number of hydroxylamine groups is 2. The highest BCUT2D eigenvalue weighted by Gasteiger charge is 2.41.